The van der Waals surface area contributed by atoms with Crippen LogP contribution in [0.4, 0.5) is 0 Å². The van der Waals surface area contributed by atoms with Crippen molar-refractivity contribution in [2.24, 2.45) is 0 Å². The first-order valence-electron chi connectivity index (χ1n) is 6.06. The summed E-state index contributed by atoms with van der Waals surface area (Å²) in [6, 6.07) is 6.60. The average molecular weight is 234 g/mol. The third-order valence-corrected chi connectivity index (χ3v) is 3.06. The number of rotatable bonds is 3. The van der Waals surface area contributed by atoms with Crippen LogP contribution >= 0.6 is 0 Å². The van der Waals surface area contributed by atoms with Gasteiger partial charge in [0.15, 0.2) is 0 Å². The summed E-state index contributed by atoms with van der Waals surface area (Å²) in [5.74, 6) is -0.183. The number of aromatic hydroxyl groups is 1. The molecule has 2 N–H and O–H groups in total. The minimum absolute atomic E-state index is 0.0312. The van der Waals surface area contributed by atoms with E-state index in [2.05, 4.69) is 10.2 Å². The fraction of sp³-hybridized carbons (Fsp3) is 0.462. The minimum Gasteiger partial charge on any atom is -0.507 e. The van der Waals surface area contributed by atoms with Crippen LogP contribution in [0.1, 0.15) is 29.6 Å². The number of para-hydroxylation sites is 1. The maximum Gasteiger partial charge on any atom is 0.256 e. The van der Waals surface area contributed by atoms with Gasteiger partial charge in [0.2, 0.25) is 0 Å². The molecule has 1 aliphatic rings. The molecule has 4 nitrogen and oxygen atoms in total. The van der Waals surface area contributed by atoms with E-state index in [-0.39, 0.29) is 11.7 Å². The SMILES string of the molecule is O=C(NCN1CCCCC1)c1ccccc1O. The highest BCUT2D eigenvalue weighted by Gasteiger charge is 2.13. The first-order valence-corrected chi connectivity index (χ1v) is 6.06. The van der Waals surface area contributed by atoms with Crippen molar-refractivity contribution in [2.45, 2.75) is 19.3 Å². The molecule has 1 aliphatic heterocycles. The van der Waals surface area contributed by atoms with Crippen LogP contribution in [0.15, 0.2) is 24.3 Å². The van der Waals surface area contributed by atoms with Gasteiger partial charge in [-0.25, -0.2) is 0 Å². The van der Waals surface area contributed by atoms with Crippen LogP contribution in [0.3, 0.4) is 0 Å². The van der Waals surface area contributed by atoms with Crippen LogP contribution in [0, 0.1) is 0 Å². The fourth-order valence-corrected chi connectivity index (χ4v) is 2.06. The van der Waals surface area contributed by atoms with Gasteiger partial charge in [-0.1, -0.05) is 18.6 Å². The first kappa shape index (κ1) is 11.9. The molecule has 1 aromatic rings. The largest absolute Gasteiger partial charge is 0.507 e. The Morgan fingerprint density at radius 3 is 2.65 bits per heavy atom. The third kappa shape index (κ3) is 3.20. The number of phenolic OH excluding ortho intramolecular Hbond substituents is 1. The van der Waals surface area contributed by atoms with Crippen molar-refractivity contribution >= 4 is 5.91 Å². The summed E-state index contributed by atoms with van der Waals surface area (Å²) in [4.78, 5) is 14.0. The zero-order valence-corrected chi connectivity index (χ0v) is 9.85. The topological polar surface area (TPSA) is 52.6 Å². The molecular formula is C13H18N2O2. The Labute approximate surface area is 101 Å². The second-order valence-corrected chi connectivity index (χ2v) is 4.36. The molecule has 17 heavy (non-hydrogen) atoms. The van der Waals surface area contributed by atoms with Gasteiger partial charge in [-0.05, 0) is 38.1 Å². The predicted octanol–water partition coefficient (Wildman–Crippen LogP) is 1.57. The molecule has 0 aliphatic carbocycles. The minimum atomic E-state index is -0.214. The molecule has 0 spiro atoms. The molecule has 2 rings (SSSR count). The molecule has 0 bridgehead atoms. The molecule has 1 fully saturated rings. The molecule has 0 unspecified atom stereocenters. The Bertz CT molecular complexity index is 387. The Morgan fingerprint density at radius 1 is 1.24 bits per heavy atom. The van der Waals surface area contributed by atoms with E-state index in [0.29, 0.717) is 12.2 Å². The number of likely N-dealkylation sites (tertiary alicyclic amines) is 1. The lowest BCUT2D eigenvalue weighted by Crippen LogP contribution is -2.40. The highest BCUT2D eigenvalue weighted by atomic mass is 16.3. The number of hydrogen-bond donors (Lipinski definition) is 2. The maximum atomic E-state index is 11.8. The van der Waals surface area contributed by atoms with E-state index >= 15 is 0 Å². The van der Waals surface area contributed by atoms with Crippen molar-refractivity contribution in [3.05, 3.63) is 29.8 Å². The van der Waals surface area contributed by atoms with Crippen molar-refractivity contribution in [3.8, 4) is 5.75 Å². The summed E-state index contributed by atoms with van der Waals surface area (Å²) in [5.41, 5.74) is 0.338. The molecule has 4 heteroatoms. The predicted molar refractivity (Wildman–Crippen MR) is 65.9 cm³/mol. The Morgan fingerprint density at radius 2 is 1.94 bits per heavy atom. The zero-order valence-electron chi connectivity index (χ0n) is 9.85. The van der Waals surface area contributed by atoms with Gasteiger partial charge in [0.05, 0.1) is 12.2 Å². The van der Waals surface area contributed by atoms with Gasteiger partial charge in [0.1, 0.15) is 5.75 Å². The number of carbonyl (C=O) groups excluding carboxylic acids is 1. The van der Waals surface area contributed by atoms with Crippen LogP contribution in [0.2, 0.25) is 0 Å². The van der Waals surface area contributed by atoms with E-state index in [0.717, 1.165) is 13.1 Å². The van der Waals surface area contributed by atoms with Gasteiger partial charge in [0, 0.05) is 0 Å². The first-order chi connectivity index (χ1) is 8.27. The lowest BCUT2D eigenvalue weighted by Gasteiger charge is -2.26. The normalized spacial score (nSPS) is 16.7. The summed E-state index contributed by atoms with van der Waals surface area (Å²) >= 11 is 0. The van der Waals surface area contributed by atoms with Gasteiger partial charge in [0.25, 0.3) is 5.91 Å². The standard InChI is InChI=1S/C13H18N2O2/c16-12-7-3-2-6-11(12)13(17)14-10-15-8-4-1-5-9-15/h2-3,6-7,16H,1,4-5,8-10H2,(H,14,17). The lowest BCUT2D eigenvalue weighted by atomic mass is 10.1. The van der Waals surface area contributed by atoms with Gasteiger partial charge >= 0.3 is 0 Å². The summed E-state index contributed by atoms with van der Waals surface area (Å²) in [5, 5.41) is 12.4. The van der Waals surface area contributed by atoms with Crippen molar-refractivity contribution in [3.63, 3.8) is 0 Å². The van der Waals surface area contributed by atoms with Crippen LogP contribution in [0.25, 0.3) is 0 Å². The molecule has 1 amide bonds. The number of benzene rings is 1. The van der Waals surface area contributed by atoms with E-state index in [9.17, 15) is 9.90 Å². The molecule has 1 heterocycles. The van der Waals surface area contributed by atoms with Crippen LogP contribution < -0.4 is 5.32 Å². The fourth-order valence-electron chi connectivity index (χ4n) is 2.06. The van der Waals surface area contributed by atoms with Gasteiger partial charge in [-0.3, -0.25) is 9.69 Å². The van der Waals surface area contributed by atoms with E-state index in [1.54, 1.807) is 18.2 Å². The molecule has 1 saturated heterocycles. The second kappa shape index (κ2) is 5.68. The highest BCUT2D eigenvalue weighted by Crippen LogP contribution is 2.15. The number of carbonyl (C=O) groups is 1. The van der Waals surface area contributed by atoms with E-state index in [1.165, 1.54) is 25.3 Å². The Hall–Kier alpha value is -1.55. The van der Waals surface area contributed by atoms with Crippen molar-refractivity contribution in [2.75, 3.05) is 19.8 Å². The molecule has 1 aromatic carbocycles. The maximum absolute atomic E-state index is 11.8. The number of piperidine rings is 1. The average Bonchev–Trinajstić information content (AvgIpc) is 2.38. The quantitative estimate of drug-likeness (QED) is 0.834. The number of amides is 1. The van der Waals surface area contributed by atoms with Crippen LogP contribution in [-0.2, 0) is 0 Å². The number of nitrogens with zero attached hydrogens (tertiary/aromatic N) is 1. The molecule has 0 aromatic heterocycles. The van der Waals surface area contributed by atoms with E-state index < -0.39 is 0 Å². The monoisotopic (exact) mass is 234 g/mol. The number of hydrogen-bond acceptors (Lipinski definition) is 3. The zero-order chi connectivity index (χ0) is 12.1. The summed E-state index contributed by atoms with van der Waals surface area (Å²) in [7, 11) is 0. The van der Waals surface area contributed by atoms with Gasteiger partial charge < -0.3 is 10.4 Å². The Kier molecular flexibility index (Phi) is 3.98. The third-order valence-electron chi connectivity index (χ3n) is 3.06. The highest BCUT2D eigenvalue weighted by molar-refractivity contribution is 5.96. The number of phenols is 1. The molecule has 0 radical (unpaired) electrons. The molecule has 0 saturated carbocycles. The van der Waals surface area contributed by atoms with Gasteiger partial charge in [-0.15, -0.1) is 0 Å². The van der Waals surface area contributed by atoms with Crippen molar-refractivity contribution in [1.82, 2.24) is 10.2 Å². The van der Waals surface area contributed by atoms with E-state index in [1.807, 2.05) is 0 Å². The number of nitrogens with one attached hydrogen (secondary N) is 1. The van der Waals surface area contributed by atoms with E-state index in [4.69, 9.17) is 0 Å². The summed E-state index contributed by atoms with van der Waals surface area (Å²) in [6.45, 7) is 2.65. The van der Waals surface area contributed by atoms with Crippen molar-refractivity contribution in [1.29, 1.82) is 0 Å². The summed E-state index contributed by atoms with van der Waals surface area (Å²) in [6.07, 6.45) is 3.68. The molecular weight excluding hydrogens is 216 g/mol. The van der Waals surface area contributed by atoms with Crippen LogP contribution in [0.5, 0.6) is 5.75 Å². The smallest absolute Gasteiger partial charge is 0.256 e. The summed E-state index contributed by atoms with van der Waals surface area (Å²) < 4.78 is 0. The van der Waals surface area contributed by atoms with Gasteiger partial charge in [-0.2, -0.15) is 0 Å². The van der Waals surface area contributed by atoms with Crippen LogP contribution in [-0.4, -0.2) is 35.7 Å². The molecule has 92 valence electrons. The van der Waals surface area contributed by atoms with Crippen molar-refractivity contribution < 1.29 is 9.90 Å². The second-order valence-electron chi connectivity index (χ2n) is 4.36. The molecule has 0 atom stereocenters. The lowest BCUT2D eigenvalue weighted by molar-refractivity contribution is 0.0911. The Balaban J connectivity index is 1.87.